The van der Waals surface area contributed by atoms with E-state index in [2.05, 4.69) is 0 Å². The van der Waals surface area contributed by atoms with Gasteiger partial charge in [-0.25, -0.2) is 8.42 Å². The van der Waals surface area contributed by atoms with Crippen LogP contribution in [0, 0.1) is 0 Å². The van der Waals surface area contributed by atoms with Crippen molar-refractivity contribution in [2.24, 2.45) is 0 Å². The van der Waals surface area contributed by atoms with Crippen LogP contribution < -0.4 is 0 Å². The van der Waals surface area contributed by atoms with E-state index in [1.807, 2.05) is 12.1 Å². The average molecular weight is 421 g/mol. The van der Waals surface area contributed by atoms with Crippen LogP contribution in [0.1, 0.15) is 15.9 Å². The van der Waals surface area contributed by atoms with Crippen LogP contribution in [-0.4, -0.2) is 62.5 Å². The first-order valence-corrected chi connectivity index (χ1v) is 11.1. The van der Waals surface area contributed by atoms with Crippen LogP contribution in [0.5, 0.6) is 0 Å². The number of hydrogen-bond donors (Lipinski definition) is 0. The summed E-state index contributed by atoms with van der Waals surface area (Å²) in [5.74, 6) is -0.219. The van der Waals surface area contributed by atoms with E-state index >= 15 is 0 Å². The zero-order valence-corrected chi connectivity index (χ0v) is 17.0. The number of carbonyl (C=O) groups is 2. The molecular formula is C20H21ClN2O4S. The summed E-state index contributed by atoms with van der Waals surface area (Å²) in [6.07, 6.45) is 1.41. The predicted octanol–water partition coefficient (Wildman–Crippen LogP) is 2.27. The second-order valence-corrected chi connectivity index (χ2v) is 9.23. The Hall–Kier alpha value is -2.38. The molecule has 0 aliphatic carbocycles. The average Bonchev–Trinajstić information content (AvgIpc) is 2.69. The molecule has 2 aromatic carbocycles. The van der Waals surface area contributed by atoms with Gasteiger partial charge in [-0.05, 0) is 35.9 Å². The molecule has 6 nitrogen and oxygen atoms in total. The van der Waals surface area contributed by atoms with Crippen molar-refractivity contribution in [3.05, 3.63) is 64.7 Å². The lowest BCUT2D eigenvalue weighted by Crippen LogP contribution is -2.51. The molecule has 0 N–H and O–H groups in total. The lowest BCUT2D eigenvalue weighted by molar-refractivity contribution is -0.131. The number of piperazine rings is 1. The molecule has 1 fully saturated rings. The Morgan fingerprint density at radius 3 is 2.18 bits per heavy atom. The van der Waals surface area contributed by atoms with Gasteiger partial charge >= 0.3 is 0 Å². The zero-order chi connectivity index (χ0) is 20.3. The van der Waals surface area contributed by atoms with Crippen LogP contribution in [0.25, 0.3) is 0 Å². The summed E-state index contributed by atoms with van der Waals surface area (Å²) in [5.41, 5.74) is 1.23. The topological polar surface area (TPSA) is 74.8 Å². The van der Waals surface area contributed by atoms with Crippen LogP contribution in [0.2, 0.25) is 5.02 Å². The maximum absolute atomic E-state index is 12.7. The largest absolute Gasteiger partial charge is 0.339 e. The molecule has 1 saturated heterocycles. The number of amides is 2. The second kappa shape index (κ2) is 8.32. The predicted molar refractivity (Wildman–Crippen MR) is 107 cm³/mol. The molecular weight excluding hydrogens is 400 g/mol. The minimum absolute atomic E-state index is 0.00787. The Morgan fingerprint density at radius 2 is 1.57 bits per heavy atom. The van der Waals surface area contributed by atoms with Gasteiger partial charge < -0.3 is 9.80 Å². The molecule has 0 aromatic heterocycles. The molecule has 0 spiro atoms. The van der Waals surface area contributed by atoms with Crippen molar-refractivity contribution < 1.29 is 18.0 Å². The first kappa shape index (κ1) is 20.4. The summed E-state index contributed by atoms with van der Waals surface area (Å²) >= 11 is 5.86. The Bertz CT molecular complexity index is 982. The summed E-state index contributed by atoms with van der Waals surface area (Å²) < 4.78 is 23.4. The summed E-state index contributed by atoms with van der Waals surface area (Å²) in [4.78, 5) is 28.7. The molecule has 0 bridgehead atoms. The van der Waals surface area contributed by atoms with Gasteiger partial charge in [-0.2, -0.15) is 0 Å². The van der Waals surface area contributed by atoms with Gasteiger partial charge in [0.25, 0.3) is 5.91 Å². The molecule has 28 heavy (non-hydrogen) atoms. The van der Waals surface area contributed by atoms with E-state index in [4.69, 9.17) is 11.6 Å². The summed E-state index contributed by atoms with van der Waals surface area (Å²) in [6, 6.07) is 13.2. The Morgan fingerprint density at radius 1 is 0.964 bits per heavy atom. The van der Waals surface area contributed by atoms with Gasteiger partial charge in [0, 0.05) is 43.0 Å². The van der Waals surface area contributed by atoms with Gasteiger partial charge in [0.2, 0.25) is 5.91 Å². The van der Waals surface area contributed by atoms with Crippen LogP contribution in [-0.2, 0) is 21.1 Å². The maximum atomic E-state index is 12.7. The molecule has 0 unspecified atom stereocenters. The molecule has 1 aliphatic heterocycles. The van der Waals surface area contributed by atoms with Crippen molar-refractivity contribution in [1.29, 1.82) is 0 Å². The zero-order valence-electron chi connectivity index (χ0n) is 15.5. The number of benzene rings is 2. The third kappa shape index (κ3) is 4.91. The molecule has 2 amide bonds. The molecule has 3 rings (SSSR count). The third-order valence-corrected chi connectivity index (χ3v) is 6.06. The summed E-state index contributed by atoms with van der Waals surface area (Å²) in [6.45, 7) is 1.72. The van der Waals surface area contributed by atoms with Gasteiger partial charge in [-0.1, -0.05) is 29.8 Å². The number of halogens is 1. The molecule has 1 heterocycles. The lowest BCUT2D eigenvalue weighted by atomic mass is 10.1. The number of sulfone groups is 1. The summed E-state index contributed by atoms with van der Waals surface area (Å²) in [7, 11) is -3.37. The van der Waals surface area contributed by atoms with Gasteiger partial charge in [0.1, 0.15) is 0 Å². The van der Waals surface area contributed by atoms with Crippen LogP contribution in [0.3, 0.4) is 0 Å². The fourth-order valence-electron chi connectivity index (χ4n) is 3.09. The highest BCUT2D eigenvalue weighted by Crippen LogP contribution is 2.16. The van der Waals surface area contributed by atoms with E-state index in [1.54, 1.807) is 34.1 Å². The van der Waals surface area contributed by atoms with Gasteiger partial charge in [0.05, 0.1) is 11.3 Å². The highest BCUT2D eigenvalue weighted by molar-refractivity contribution is 7.90. The molecule has 148 valence electrons. The minimum atomic E-state index is -3.37. The summed E-state index contributed by atoms with van der Waals surface area (Å²) in [5, 5.41) is 0.628. The van der Waals surface area contributed by atoms with E-state index in [9.17, 15) is 18.0 Å². The molecule has 0 saturated carbocycles. The number of rotatable bonds is 4. The number of carbonyl (C=O) groups excluding carboxylic acids is 2. The highest BCUT2D eigenvalue weighted by atomic mass is 35.5. The van der Waals surface area contributed by atoms with Crippen molar-refractivity contribution in [3.8, 4) is 0 Å². The monoisotopic (exact) mass is 420 g/mol. The Labute approximate surface area is 169 Å². The van der Waals surface area contributed by atoms with Crippen molar-refractivity contribution in [3.63, 3.8) is 0 Å². The van der Waals surface area contributed by atoms with E-state index in [1.165, 1.54) is 12.1 Å². The quantitative estimate of drug-likeness (QED) is 0.760. The van der Waals surface area contributed by atoms with Crippen molar-refractivity contribution >= 4 is 33.3 Å². The van der Waals surface area contributed by atoms with E-state index in [0.717, 1.165) is 11.8 Å². The molecule has 8 heteroatoms. The minimum Gasteiger partial charge on any atom is -0.339 e. The van der Waals surface area contributed by atoms with Gasteiger partial charge in [-0.15, -0.1) is 0 Å². The standard InChI is InChI=1S/C20H21ClN2O4S/c1-28(26,27)18-4-2-3-16(14-18)20(25)23-11-9-22(10-12-23)19(24)13-15-5-7-17(21)8-6-15/h2-8,14H,9-13H2,1H3. The van der Waals surface area contributed by atoms with Crippen LogP contribution in [0.4, 0.5) is 0 Å². The fraction of sp³-hybridized carbons (Fsp3) is 0.300. The maximum Gasteiger partial charge on any atom is 0.254 e. The van der Waals surface area contributed by atoms with Crippen molar-refractivity contribution in [2.75, 3.05) is 32.4 Å². The molecule has 1 aliphatic rings. The third-order valence-electron chi connectivity index (χ3n) is 4.70. The van der Waals surface area contributed by atoms with Gasteiger partial charge in [0.15, 0.2) is 9.84 Å². The van der Waals surface area contributed by atoms with E-state index < -0.39 is 9.84 Å². The van der Waals surface area contributed by atoms with Crippen LogP contribution >= 0.6 is 11.6 Å². The lowest BCUT2D eigenvalue weighted by Gasteiger charge is -2.35. The molecule has 0 radical (unpaired) electrons. The number of hydrogen-bond acceptors (Lipinski definition) is 4. The van der Waals surface area contributed by atoms with Crippen LogP contribution in [0.15, 0.2) is 53.4 Å². The number of nitrogens with zero attached hydrogens (tertiary/aromatic N) is 2. The van der Waals surface area contributed by atoms with Gasteiger partial charge in [-0.3, -0.25) is 9.59 Å². The smallest absolute Gasteiger partial charge is 0.254 e. The second-order valence-electron chi connectivity index (χ2n) is 6.78. The highest BCUT2D eigenvalue weighted by Gasteiger charge is 2.25. The fourth-order valence-corrected chi connectivity index (χ4v) is 3.88. The van der Waals surface area contributed by atoms with E-state index in [-0.39, 0.29) is 16.7 Å². The Kier molecular flexibility index (Phi) is 6.05. The first-order chi connectivity index (χ1) is 13.2. The normalized spacial score (nSPS) is 14.8. The molecule has 2 aromatic rings. The first-order valence-electron chi connectivity index (χ1n) is 8.85. The SMILES string of the molecule is CS(=O)(=O)c1cccc(C(=O)N2CCN(C(=O)Cc3ccc(Cl)cc3)CC2)c1. The Balaban J connectivity index is 1.59. The molecule has 0 atom stereocenters. The van der Waals surface area contributed by atoms with Crippen molar-refractivity contribution in [1.82, 2.24) is 9.80 Å². The van der Waals surface area contributed by atoms with Crippen molar-refractivity contribution in [2.45, 2.75) is 11.3 Å². The van der Waals surface area contributed by atoms with E-state index in [0.29, 0.717) is 43.2 Å².